The minimum absolute atomic E-state index is 0. The monoisotopic (exact) mass is 358 g/mol. The molecule has 3 N–H and O–H groups in total. The maximum absolute atomic E-state index is 11.3. The number of hydrogen-bond donors (Lipinski definition) is 3. The number of carbonyl (C=O) groups is 1. The largest absolute Gasteiger partial charge is 0.394 e. The summed E-state index contributed by atoms with van der Waals surface area (Å²) in [5.74, 6) is -0.756. The van der Waals surface area contributed by atoms with Crippen molar-refractivity contribution in [2.24, 2.45) is 0 Å². The van der Waals surface area contributed by atoms with Crippen molar-refractivity contribution in [3.05, 3.63) is 39.9 Å². The van der Waals surface area contributed by atoms with Gasteiger partial charge in [0.05, 0.1) is 17.6 Å². The third-order valence-electron chi connectivity index (χ3n) is 2.55. The zero-order valence-corrected chi connectivity index (χ0v) is 12.8. The lowest BCUT2D eigenvalue weighted by Gasteiger charge is -2.22. The highest BCUT2D eigenvalue weighted by Crippen LogP contribution is 2.20. The van der Waals surface area contributed by atoms with Crippen LogP contribution in [0.2, 0.25) is 0 Å². The van der Waals surface area contributed by atoms with Gasteiger partial charge in [-0.1, -0.05) is 23.2 Å². The van der Waals surface area contributed by atoms with E-state index >= 15 is 0 Å². The third kappa shape index (κ3) is 5.64. The van der Waals surface area contributed by atoms with Crippen LogP contribution < -0.4 is 5.32 Å². The Morgan fingerprint density at radius 1 is 1.33 bits per heavy atom. The van der Waals surface area contributed by atoms with E-state index in [1.807, 2.05) is 0 Å². The van der Waals surface area contributed by atoms with Crippen molar-refractivity contribution in [2.45, 2.75) is 17.0 Å². The normalized spacial score (nSPS) is 13.2. The molecule has 2 atom stereocenters. The number of nitrogens with zero attached hydrogens (tertiary/aromatic N) is 1. The highest BCUT2D eigenvalue weighted by molar-refractivity contribution is 6.53. The lowest BCUT2D eigenvalue weighted by Crippen LogP contribution is -2.44. The minimum atomic E-state index is -1.33. The number of hydrogen-bond acceptors (Lipinski definition) is 5. The van der Waals surface area contributed by atoms with Gasteiger partial charge in [-0.15, -0.1) is 12.4 Å². The highest BCUT2D eigenvalue weighted by Gasteiger charge is 2.24. The molecule has 0 heterocycles. The molecule has 0 aliphatic carbocycles. The Bertz CT molecular complexity index is 483. The predicted molar refractivity (Wildman–Crippen MR) is 79.8 cm³/mol. The second-order valence-electron chi connectivity index (χ2n) is 3.89. The first kappa shape index (κ1) is 19.9. The topological polar surface area (TPSA) is 113 Å². The van der Waals surface area contributed by atoms with Crippen LogP contribution in [0.4, 0.5) is 5.69 Å². The molecular weight excluding hydrogens is 346 g/mol. The average molecular weight is 360 g/mol. The van der Waals surface area contributed by atoms with Crippen molar-refractivity contribution >= 4 is 47.2 Å². The number of rotatable bonds is 6. The van der Waals surface area contributed by atoms with Crippen molar-refractivity contribution in [3.63, 3.8) is 0 Å². The molecule has 0 bridgehead atoms. The standard InChI is InChI=1S/C11H12Cl2N2O5.ClH/c12-10(13)11(18)14-8(5-16)9(17)6-1-3-7(4-2-6)15(19)20;/h1-4,8-10,16-17H,5H2,(H,14,18);1H/t8-,9-;/m1./s1. The molecule has 0 aliphatic heterocycles. The number of benzene rings is 1. The van der Waals surface area contributed by atoms with Crippen molar-refractivity contribution < 1.29 is 19.9 Å². The van der Waals surface area contributed by atoms with Gasteiger partial charge in [-0.2, -0.15) is 0 Å². The molecule has 0 spiro atoms. The molecule has 0 fully saturated rings. The third-order valence-corrected chi connectivity index (χ3v) is 2.95. The van der Waals surface area contributed by atoms with E-state index in [-0.39, 0.29) is 18.1 Å². The van der Waals surface area contributed by atoms with Crippen LogP contribution in [0.25, 0.3) is 0 Å². The lowest BCUT2D eigenvalue weighted by molar-refractivity contribution is -0.384. The molecule has 1 aromatic carbocycles. The van der Waals surface area contributed by atoms with Crippen molar-refractivity contribution in [2.75, 3.05) is 6.61 Å². The van der Waals surface area contributed by atoms with E-state index in [0.29, 0.717) is 5.56 Å². The van der Waals surface area contributed by atoms with Crippen LogP contribution in [0.15, 0.2) is 24.3 Å². The number of nitro groups is 1. The Morgan fingerprint density at radius 2 is 1.86 bits per heavy atom. The molecule has 0 aliphatic rings. The van der Waals surface area contributed by atoms with E-state index in [2.05, 4.69) is 5.32 Å². The first-order valence-corrected chi connectivity index (χ1v) is 6.36. The summed E-state index contributed by atoms with van der Waals surface area (Å²) in [6.07, 6.45) is -1.25. The molecular formula is C11H13Cl3N2O5. The second-order valence-corrected chi connectivity index (χ2v) is 4.99. The number of amides is 1. The Balaban J connectivity index is 0.00000400. The van der Waals surface area contributed by atoms with E-state index in [9.17, 15) is 20.0 Å². The van der Waals surface area contributed by atoms with Gasteiger partial charge in [-0.3, -0.25) is 14.9 Å². The van der Waals surface area contributed by atoms with E-state index in [4.69, 9.17) is 28.3 Å². The molecule has 7 nitrogen and oxygen atoms in total. The first-order valence-electron chi connectivity index (χ1n) is 5.48. The van der Waals surface area contributed by atoms with Gasteiger partial charge in [0.2, 0.25) is 0 Å². The van der Waals surface area contributed by atoms with Crippen LogP contribution in [0.1, 0.15) is 11.7 Å². The van der Waals surface area contributed by atoms with Gasteiger partial charge in [-0.25, -0.2) is 0 Å². The van der Waals surface area contributed by atoms with E-state index < -0.39 is 34.4 Å². The summed E-state index contributed by atoms with van der Waals surface area (Å²) in [5.41, 5.74) is 0.169. The summed E-state index contributed by atoms with van der Waals surface area (Å²) in [5, 5.41) is 31.9. The Kier molecular flexibility index (Phi) is 8.53. The summed E-state index contributed by atoms with van der Waals surface area (Å²) in [4.78, 5) is 19.9. The van der Waals surface area contributed by atoms with Gasteiger partial charge >= 0.3 is 0 Å². The van der Waals surface area contributed by atoms with Crippen LogP contribution in [-0.2, 0) is 4.79 Å². The quantitative estimate of drug-likeness (QED) is 0.403. The fraction of sp³-hybridized carbons (Fsp3) is 0.364. The van der Waals surface area contributed by atoms with Crippen molar-refractivity contribution in [1.82, 2.24) is 5.32 Å². The van der Waals surface area contributed by atoms with Gasteiger partial charge in [0.1, 0.15) is 6.10 Å². The number of alkyl halides is 2. The average Bonchev–Trinajstić information content (AvgIpc) is 2.43. The number of nitro benzene ring substituents is 1. The van der Waals surface area contributed by atoms with Crippen LogP contribution in [0.3, 0.4) is 0 Å². The molecule has 0 saturated heterocycles. The number of halogens is 3. The van der Waals surface area contributed by atoms with E-state index in [0.717, 1.165) is 0 Å². The smallest absolute Gasteiger partial charge is 0.269 e. The first-order chi connectivity index (χ1) is 9.36. The van der Waals surface area contributed by atoms with Gasteiger partial charge in [0.15, 0.2) is 4.84 Å². The summed E-state index contributed by atoms with van der Waals surface area (Å²) >= 11 is 10.7. The highest BCUT2D eigenvalue weighted by atomic mass is 35.5. The SMILES string of the molecule is Cl.O=C(N[C@H](CO)[C@H](O)c1ccc([N+](=O)[O-])cc1)C(Cl)Cl. The zero-order valence-electron chi connectivity index (χ0n) is 10.5. The molecule has 0 radical (unpaired) electrons. The summed E-state index contributed by atoms with van der Waals surface area (Å²) in [6.45, 7) is -0.551. The van der Waals surface area contributed by atoms with Crippen molar-refractivity contribution in [1.29, 1.82) is 0 Å². The number of non-ortho nitro benzene ring substituents is 1. The minimum Gasteiger partial charge on any atom is -0.394 e. The number of aliphatic hydroxyl groups is 2. The van der Waals surface area contributed by atoms with Crippen molar-refractivity contribution in [3.8, 4) is 0 Å². The Hall–Kier alpha value is -1.12. The summed E-state index contributed by atoms with van der Waals surface area (Å²) in [6, 6.07) is 4.05. The molecule has 10 heteroatoms. The van der Waals surface area contributed by atoms with E-state index in [1.165, 1.54) is 24.3 Å². The Labute approximate surface area is 136 Å². The molecule has 0 unspecified atom stereocenters. The summed E-state index contributed by atoms with van der Waals surface area (Å²) < 4.78 is 0. The number of nitrogens with one attached hydrogen (secondary N) is 1. The molecule has 0 saturated carbocycles. The fourth-order valence-corrected chi connectivity index (χ4v) is 1.62. The fourth-order valence-electron chi connectivity index (χ4n) is 1.50. The van der Waals surface area contributed by atoms with Crippen LogP contribution in [0.5, 0.6) is 0 Å². The summed E-state index contributed by atoms with van der Waals surface area (Å²) in [7, 11) is 0. The van der Waals surface area contributed by atoms with Crippen LogP contribution in [-0.4, -0.2) is 38.5 Å². The lowest BCUT2D eigenvalue weighted by atomic mass is 10.0. The molecule has 118 valence electrons. The maximum atomic E-state index is 11.3. The maximum Gasteiger partial charge on any atom is 0.269 e. The molecule has 1 amide bonds. The number of carbonyl (C=O) groups excluding carboxylic acids is 1. The van der Waals surface area contributed by atoms with Gasteiger partial charge in [0, 0.05) is 12.1 Å². The molecule has 21 heavy (non-hydrogen) atoms. The molecule has 1 aromatic rings. The van der Waals surface area contributed by atoms with Gasteiger partial charge < -0.3 is 15.5 Å². The van der Waals surface area contributed by atoms with Crippen LogP contribution >= 0.6 is 35.6 Å². The second kappa shape index (κ2) is 9.01. The van der Waals surface area contributed by atoms with Gasteiger partial charge in [0.25, 0.3) is 11.6 Å². The molecule has 0 aromatic heterocycles. The molecule has 1 rings (SSSR count). The van der Waals surface area contributed by atoms with E-state index in [1.54, 1.807) is 0 Å². The number of aliphatic hydroxyl groups excluding tert-OH is 2. The van der Waals surface area contributed by atoms with Crippen LogP contribution in [0, 0.1) is 10.1 Å². The zero-order chi connectivity index (χ0) is 15.3. The predicted octanol–water partition coefficient (Wildman–Crippen LogP) is 1.33. The van der Waals surface area contributed by atoms with Gasteiger partial charge in [-0.05, 0) is 17.7 Å². The Morgan fingerprint density at radius 3 is 2.24 bits per heavy atom.